The van der Waals surface area contributed by atoms with Crippen LogP contribution in [0.3, 0.4) is 0 Å². The first kappa shape index (κ1) is 23.9. The third-order valence-corrected chi connectivity index (χ3v) is 6.72. The van der Waals surface area contributed by atoms with Gasteiger partial charge >= 0.3 is 31.3 Å². The van der Waals surface area contributed by atoms with E-state index in [1.54, 1.807) is 24.3 Å². The third kappa shape index (κ3) is 4.07. The van der Waals surface area contributed by atoms with Crippen molar-refractivity contribution in [1.29, 1.82) is 0 Å². The van der Waals surface area contributed by atoms with Crippen LogP contribution in [0.15, 0.2) is 60.7 Å². The van der Waals surface area contributed by atoms with Gasteiger partial charge in [-0.15, -0.1) is 0 Å². The number of rotatable bonds is 4. The molecule has 0 fully saturated rings. The van der Waals surface area contributed by atoms with Gasteiger partial charge in [-0.2, -0.15) is 43.2 Å². The monoisotopic (exact) mass is 524 g/mol. The number of halogens is 6. The van der Waals surface area contributed by atoms with Gasteiger partial charge in [-0.05, 0) is 68.7 Å². The van der Waals surface area contributed by atoms with Crippen LogP contribution in [0.25, 0.3) is 32.3 Å². The second kappa shape index (κ2) is 7.63. The molecule has 34 heavy (non-hydrogen) atoms. The molecule has 6 nitrogen and oxygen atoms in total. The van der Waals surface area contributed by atoms with E-state index in [-0.39, 0.29) is 16.2 Å². The average Bonchev–Trinajstić information content (AvgIpc) is 2.71. The fourth-order valence-corrected chi connectivity index (χ4v) is 4.27. The van der Waals surface area contributed by atoms with E-state index in [0.717, 1.165) is 24.3 Å². The third-order valence-electron chi connectivity index (χ3n) is 4.76. The number of alkyl halides is 6. The van der Waals surface area contributed by atoms with Crippen molar-refractivity contribution in [3.05, 3.63) is 60.7 Å². The Kier molecular flexibility index (Phi) is 5.36. The van der Waals surface area contributed by atoms with E-state index >= 15 is 0 Å². The summed E-state index contributed by atoms with van der Waals surface area (Å²) in [6, 6.07) is 13.0. The number of fused-ring (bicyclic) bond motifs is 6. The first-order valence-electron chi connectivity index (χ1n) is 9.00. The molecule has 0 saturated carbocycles. The predicted molar refractivity (Wildman–Crippen MR) is 110 cm³/mol. The van der Waals surface area contributed by atoms with Gasteiger partial charge in [-0.25, -0.2) is 0 Å². The average molecular weight is 524 g/mol. The van der Waals surface area contributed by atoms with E-state index in [0.29, 0.717) is 16.2 Å². The number of benzene rings is 4. The van der Waals surface area contributed by atoms with E-state index < -0.39 is 42.8 Å². The molecule has 0 aliphatic heterocycles. The molecule has 0 aliphatic rings. The molecule has 0 aliphatic carbocycles. The molecule has 180 valence electrons. The Hall–Kier alpha value is -3.26. The first-order valence-corrected chi connectivity index (χ1v) is 11.8. The zero-order chi connectivity index (χ0) is 25.1. The lowest BCUT2D eigenvalue weighted by atomic mass is 9.94. The van der Waals surface area contributed by atoms with Gasteiger partial charge in [0.25, 0.3) is 0 Å². The molecule has 0 aromatic heterocycles. The summed E-state index contributed by atoms with van der Waals surface area (Å²) >= 11 is 0. The molecule has 0 saturated heterocycles. The second-order valence-electron chi connectivity index (χ2n) is 6.93. The van der Waals surface area contributed by atoms with Crippen molar-refractivity contribution in [2.24, 2.45) is 0 Å². The summed E-state index contributed by atoms with van der Waals surface area (Å²) in [5.74, 6) is -1.30. The van der Waals surface area contributed by atoms with Crippen LogP contribution in [0.1, 0.15) is 0 Å². The van der Waals surface area contributed by atoms with Gasteiger partial charge < -0.3 is 8.37 Å². The zero-order valence-corrected chi connectivity index (χ0v) is 17.9. The van der Waals surface area contributed by atoms with Crippen LogP contribution in [-0.2, 0) is 20.2 Å². The number of hydrogen-bond donors (Lipinski definition) is 0. The molecule has 0 amide bonds. The van der Waals surface area contributed by atoms with Gasteiger partial charge in [0.05, 0.1) is 0 Å². The second-order valence-corrected chi connectivity index (χ2v) is 10.0. The molecule has 14 heteroatoms. The van der Waals surface area contributed by atoms with Gasteiger partial charge in [0.1, 0.15) is 11.5 Å². The smallest absolute Gasteiger partial charge is 0.376 e. The van der Waals surface area contributed by atoms with Crippen LogP contribution in [0, 0.1) is 0 Å². The maximum atomic E-state index is 12.7. The summed E-state index contributed by atoms with van der Waals surface area (Å²) in [5.41, 5.74) is -11.3. The highest BCUT2D eigenvalue weighted by atomic mass is 32.2. The standard InChI is InChI=1S/C20H10F6O6S2/c21-19(22,23)33(27,28)31-11-5-7-15-13-3-1-2-4-14(13)17-9-12(6-8-16(17)18(15)10-11)32-34(29,30)20(24,25)26/h1-10H. The van der Waals surface area contributed by atoms with Crippen LogP contribution in [0.2, 0.25) is 0 Å². The highest BCUT2D eigenvalue weighted by Crippen LogP contribution is 2.39. The summed E-state index contributed by atoms with van der Waals surface area (Å²) in [6.45, 7) is 0. The van der Waals surface area contributed by atoms with Crippen molar-refractivity contribution in [3.63, 3.8) is 0 Å². The summed E-state index contributed by atoms with van der Waals surface area (Å²) in [4.78, 5) is 0. The molecule has 0 radical (unpaired) electrons. The van der Waals surface area contributed by atoms with Gasteiger partial charge in [0.15, 0.2) is 0 Å². The Labute approximate surface area is 187 Å². The van der Waals surface area contributed by atoms with Crippen LogP contribution >= 0.6 is 0 Å². The van der Waals surface area contributed by atoms with Crippen molar-refractivity contribution in [2.45, 2.75) is 11.0 Å². The molecule has 0 heterocycles. The normalized spacial score (nSPS) is 13.5. The molecule has 0 bridgehead atoms. The van der Waals surface area contributed by atoms with Gasteiger partial charge in [-0.1, -0.05) is 24.3 Å². The van der Waals surface area contributed by atoms with Crippen molar-refractivity contribution in [3.8, 4) is 11.5 Å². The fraction of sp³-hybridized carbons (Fsp3) is 0.100. The Bertz CT molecular complexity index is 1580. The van der Waals surface area contributed by atoms with Gasteiger partial charge in [0, 0.05) is 0 Å². The van der Waals surface area contributed by atoms with E-state index in [9.17, 15) is 43.2 Å². The highest BCUT2D eigenvalue weighted by molar-refractivity contribution is 7.88. The Balaban J connectivity index is 1.96. The Morgan fingerprint density at radius 3 is 1.21 bits per heavy atom. The van der Waals surface area contributed by atoms with Crippen molar-refractivity contribution in [1.82, 2.24) is 0 Å². The first-order chi connectivity index (χ1) is 15.6. The van der Waals surface area contributed by atoms with E-state index in [1.165, 1.54) is 12.1 Å². The topological polar surface area (TPSA) is 86.7 Å². The highest BCUT2D eigenvalue weighted by Gasteiger charge is 2.49. The van der Waals surface area contributed by atoms with Crippen LogP contribution in [0.5, 0.6) is 11.5 Å². The molecule has 4 aromatic rings. The largest absolute Gasteiger partial charge is 0.534 e. The summed E-state index contributed by atoms with van der Waals surface area (Å²) in [6.07, 6.45) is 0. The lowest BCUT2D eigenvalue weighted by Gasteiger charge is -2.14. The number of hydrogen-bond acceptors (Lipinski definition) is 6. The lowest BCUT2D eigenvalue weighted by Crippen LogP contribution is -2.28. The van der Waals surface area contributed by atoms with Crippen LogP contribution in [-0.4, -0.2) is 27.9 Å². The molecular formula is C20H10F6O6S2. The van der Waals surface area contributed by atoms with Crippen molar-refractivity contribution >= 4 is 52.6 Å². The zero-order valence-electron chi connectivity index (χ0n) is 16.3. The Morgan fingerprint density at radius 1 is 0.500 bits per heavy atom. The molecule has 0 atom stereocenters. The SMILES string of the molecule is O=S(=O)(Oc1ccc2c(c1)c1ccccc1c1ccc(OS(=O)(=O)C(F)(F)F)cc12)C(F)(F)F. The molecule has 0 unspecified atom stereocenters. The minimum Gasteiger partial charge on any atom is -0.376 e. The molecular weight excluding hydrogens is 514 g/mol. The van der Waals surface area contributed by atoms with Crippen LogP contribution < -0.4 is 8.37 Å². The van der Waals surface area contributed by atoms with E-state index in [1.807, 2.05) is 0 Å². The fourth-order valence-electron chi connectivity index (χ4n) is 3.37. The molecule has 4 rings (SSSR count). The van der Waals surface area contributed by atoms with Crippen molar-refractivity contribution in [2.75, 3.05) is 0 Å². The maximum absolute atomic E-state index is 12.7. The maximum Gasteiger partial charge on any atom is 0.534 e. The molecule has 0 N–H and O–H groups in total. The molecule has 4 aromatic carbocycles. The minimum absolute atomic E-state index is 0.203. The van der Waals surface area contributed by atoms with Crippen molar-refractivity contribution < 1.29 is 51.5 Å². The van der Waals surface area contributed by atoms with Gasteiger partial charge in [0.2, 0.25) is 0 Å². The summed E-state index contributed by atoms with van der Waals surface area (Å²) in [7, 11) is -11.9. The minimum atomic E-state index is -5.95. The predicted octanol–water partition coefficient (Wildman–Crippen LogP) is 5.60. The van der Waals surface area contributed by atoms with E-state index in [2.05, 4.69) is 8.37 Å². The summed E-state index contributed by atoms with van der Waals surface area (Å²) < 4.78 is 130. The van der Waals surface area contributed by atoms with Gasteiger partial charge in [-0.3, -0.25) is 0 Å². The summed E-state index contributed by atoms with van der Waals surface area (Å²) in [5, 5.41) is 2.11. The molecule has 0 spiro atoms. The Morgan fingerprint density at radius 2 is 0.824 bits per heavy atom. The van der Waals surface area contributed by atoms with E-state index in [4.69, 9.17) is 0 Å². The van der Waals surface area contributed by atoms with Crippen LogP contribution in [0.4, 0.5) is 26.3 Å². The quantitative estimate of drug-likeness (QED) is 0.150. The lowest BCUT2D eigenvalue weighted by molar-refractivity contribution is -0.0504.